The summed E-state index contributed by atoms with van der Waals surface area (Å²) in [7, 11) is 0. The smallest absolute Gasteiger partial charge is 0.104 e. The van der Waals surface area contributed by atoms with Crippen LogP contribution >= 0.6 is 15.9 Å². The largest absolute Gasteiger partial charge is 0.384 e. The summed E-state index contributed by atoms with van der Waals surface area (Å²) in [5.41, 5.74) is 8.36. The second kappa shape index (κ2) is 5.45. The highest BCUT2D eigenvalue weighted by molar-refractivity contribution is 9.10. The maximum Gasteiger partial charge on any atom is 0.104 e. The molecule has 0 amide bonds. The summed E-state index contributed by atoms with van der Waals surface area (Å²) in [6.07, 6.45) is -0.602. The Morgan fingerprint density at radius 1 is 1.06 bits per heavy atom. The Bertz CT molecular complexity index is 496. The zero-order chi connectivity index (χ0) is 12.3. The van der Waals surface area contributed by atoms with Gasteiger partial charge in [0.15, 0.2) is 0 Å². The highest BCUT2D eigenvalue weighted by atomic mass is 79.9. The molecule has 1 unspecified atom stereocenters. The molecule has 0 saturated heterocycles. The molecule has 1 atom stereocenters. The van der Waals surface area contributed by atoms with Crippen LogP contribution in [-0.4, -0.2) is 5.11 Å². The van der Waals surface area contributed by atoms with Crippen molar-refractivity contribution >= 4 is 15.9 Å². The fraction of sp³-hybridized carbons (Fsp3) is 0.143. The lowest BCUT2D eigenvalue weighted by atomic mass is 10.00. The van der Waals surface area contributed by atoms with Crippen LogP contribution in [-0.2, 0) is 6.54 Å². The van der Waals surface area contributed by atoms with Crippen molar-refractivity contribution in [1.82, 2.24) is 0 Å². The minimum atomic E-state index is -0.602. The molecule has 0 aliphatic carbocycles. The molecule has 2 rings (SSSR count). The molecule has 0 aliphatic heterocycles. The number of aliphatic hydroxyl groups excluding tert-OH is 1. The molecule has 0 radical (unpaired) electrons. The van der Waals surface area contributed by atoms with Crippen LogP contribution in [0, 0.1) is 0 Å². The molecule has 2 aromatic carbocycles. The van der Waals surface area contributed by atoms with Crippen LogP contribution in [0.5, 0.6) is 0 Å². The van der Waals surface area contributed by atoms with Crippen molar-refractivity contribution in [2.45, 2.75) is 12.6 Å². The van der Waals surface area contributed by atoms with Gasteiger partial charge in [0.2, 0.25) is 0 Å². The summed E-state index contributed by atoms with van der Waals surface area (Å²) < 4.78 is 1.00. The Kier molecular flexibility index (Phi) is 3.94. The number of rotatable bonds is 3. The predicted octanol–water partition coefficient (Wildman–Crippen LogP) is 2.99. The summed E-state index contributed by atoms with van der Waals surface area (Å²) in [4.78, 5) is 0. The molecule has 0 bridgehead atoms. The summed E-state index contributed by atoms with van der Waals surface area (Å²) in [6.45, 7) is 0.487. The van der Waals surface area contributed by atoms with Crippen molar-refractivity contribution in [3.8, 4) is 0 Å². The third-order valence-corrected chi connectivity index (χ3v) is 3.22. The summed E-state index contributed by atoms with van der Waals surface area (Å²) in [5.74, 6) is 0. The van der Waals surface area contributed by atoms with Gasteiger partial charge in [0.1, 0.15) is 6.10 Å². The van der Waals surface area contributed by atoms with E-state index in [4.69, 9.17) is 5.73 Å². The molecular weight excluding hydrogens is 278 g/mol. The number of hydrogen-bond donors (Lipinski definition) is 2. The van der Waals surface area contributed by atoms with Crippen LogP contribution in [0.2, 0.25) is 0 Å². The Labute approximate surface area is 109 Å². The molecule has 3 heteroatoms. The van der Waals surface area contributed by atoms with E-state index in [0.717, 1.165) is 21.2 Å². The van der Waals surface area contributed by atoms with Crippen LogP contribution in [0.3, 0.4) is 0 Å². The SMILES string of the molecule is NCc1cccc(C(O)c2ccc(Br)cc2)c1. The van der Waals surface area contributed by atoms with Crippen molar-refractivity contribution in [2.24, 2.45) is 5.73 Å². The molecule has 0 aliphatic rings. The first-order valence-corrected chi connectivity index (χ1v) is 6.22. The van der Waals surface area contributed by atoms with Gasteiger partial charge in [0, 0.05) is 11.0 Å². The van der Waals surface area contributed by atoms with Gasteiger partial charge in [0.05, 0.1) is 0 Å². The molecule has 88 valence electrons. The second-order valence-corrected chi connectivity index (χ2v) is 4.82. The predicted molar refractivity (Wildman–Crippen MR) is 72.5 cm³/mol. The maximum absolute atomic E-state index is 10.2. The van der Waals surface area contributed by atoms with E-state index >= 15 is 0 Å². The fourth-order valence-corrected chi connectivity index (χ4v) is 1.99. The molecule has 2 aromatic rings. The van der Waals surface area contributed by atoms with E-state index < -0.39 is 6.10 Å². The normalized spacial score (nSPS) is 12.4. The summed E-state index contributed by atoms with van der Waals surface area (Å²) >= 11 is 3.38. The number of benzene rings is 2. The zero-order valence-corrected chi connectivity index (χ0v) is 10.9. The quantitative estimate of drug-likeness (QED) is 0.913. The lowest BCUT2D eigenvalue weighted by Crippen LogP contribution is -2.02. The minimum Gasteiger partial charge on any atom is -0.384 e. The average molecular weight is 292 g/mol. The zero-order valence-electron chi connectivity index (χ0n) is 9.31. The molecular formula is C14H14BrNO. The van der Waals surface area contributed by atoms with Gasteiger partial charge < -0.3 is 10.8 Å². The molecule has 17 heavy (non-hydrogen) atoms. The Morgan fingerprint density at radius 2 is 1.76 bits per heavy atom. The van der Waals surface area contributed by atoms with Crippen LogP contribution in [0.25, 0.3) is 0 Å². The van der Waals surface area contributed by atoms with Crippen molar-refractivity contribution in [3.63, 3.8) is 0 Å². The second-order valence-electron chi connectivity index (χ2n) is 3.90. The number of halogens is 1. The van der Waals surface area contributed by atoms with E-state index in [9.17, 15) is 5.11 Å². The topological polar surface area (TPSA) is 46.2 Å². The molecule has 0 fully saturated rings. The average Bonchev–Trinajstić information content (AvgIpc) is 2.39. The Morgan fingerprint density at radius 3 is 2.41 bits per heavy atom. The first-order chi connectivity index (χ1) is 8.20. The first-order valence-electron chi connectivity index (χ1n) is 5.43. The molecule has 0 saturated carbocycles. The highest BCUT2D eigenvalue weighted by Gasteiger charge is 2.10. The fourth-order valence-electron chi connectivity index (χ4n) is 1.73. The van der Waals surface area contributed by atoms with Crippen LogP contribution in [0.1, 0.15) is 22.8 Å². The molecule has 0 heterocycles. The van der Waals surface area contributed by atoms with E-state index in [1.54, 1.807) is 0 Å². The highest BCUT2D eigenvalue weighted by Crippen LogP contribution is 2.23. The Balaban J connectivity index is 2.29. The van der Waals surface area contributed by atoms with Crippen LogP contribution in [0.4, 0.5) is 0 Å². The van der Waals surface area contributed by atoms with Crippen LogP contribution in [0.15, 0.2) is 53.0 Å². The van der Waals surface area contributed by atoms with Gasteiger partial charge in [0.25, 0.3) is 0 Å². The summed E-state index contributed by atoms with van der Waals surface area (Å²) in [5, 5.41) is 10.2. The lowest BCUT2D eigenvalue weighted by molar-refractivity contribution is 0.220. The van der Waals surface area contributed by atoms with Crippen molar-refractivity contribution < 1.29 is 5.11 Å². The van der Waals surface area contributed by atoms with Gasteiger partial charge in [-0.05, 0) is 28.8 Å². The lowest BCUT2D eigenvalue weighted by Gasteiger charge is -2.12. The van der Waals surface area contributed by atoms with Gasteiger partial charge >= 0.3 is 0 Å². The minimum absolute atomic E-state index is 0.487. The van der Waals surface area contributed by atoms with E-state index in [1.165, 1.54) is 0 Å². The van der Waals surface area contributed by atoms with Gasteiger partial charge in [-0.15, -0.1) is 0 Å². The third kappa shape index (κ3) is 2.94. The molecule has 0 spiro atoms. The Hall–Kier alpha value is -1.16. The number of aliphatic hydroxyl groups is 1. The van der Waals surface area contributed by atoms with Crippen LogP contribution < -0.4 is 5.73 Å². The molecule has 3 N–H and O–H groups in total. The van der Waals surface area contributed by atoms with Gasteiger partial charge in [-0.3, -0.25) is 0 Å². The molecule has 0 aromatic heterocycles. The van der Waals surface area contributed by atoms with E-state index in [0.29, 0.717) is 6.54 Å². The van der Waals surface area contributed by atoms with E-state index in [1.807, 2.05) is 48.5 Å². The third-order valence-electron chi connectivity index (χ3n) is 2.69. The number of nitrogens with two attached hydrogens (primary N) is 1. The van der Waals surface area contributed by atoms with Crippen molar-refractivity contribution in [1.29, 1.82) is 0 Å². The van der Waals surface area contributed by atoms with E-state index in [2.05, 4.69) is 15.9 Å². The number of hydrogen-bond acceptors (Lipinski definition) is 2. The molecule has 2 nitrogen and oxygen atoms in total. The van der Waals surface area contributed by atoms with E-state index in [-0.39, 0.29) is 0 Å². The van der Waals surface area contributed by atoms with Crippen molar-refractivity contribution in [3.05, 3.63) is 69.7 Å². The van der Waals surface area contributed by atoms with Crippen molar-refractivity contribution in [2.75, 3.05) is 0 Å². The maximum atomic E-state index is 10.2. The summed E-state index contributed by atoms with van der Waals surface area (Å²) in [6, 6.07) is 15.4. The van der Waals surface area contributed by atoms with Gasteiger partial charge in [-0.1, -0.05) is 52.3 Å². The van der Waals surface area contributed by atoms with Gasteiger partial charge in [-0.25, -0.2) is 0 Å². The first kappa shape index (κ1) is 12.3. The van der Waals surface area contributed by atoms with Gasteiger partial charge in [-0.2, -0.15) is 0 Å². The monoisotopic (exact) mass is 291 g/mol. The standard InChI is InChI=1S/C14H14BrNO/c15-13-6-4-11(5-7-13)14(17)12-3-1-2-10(8-12)9-16/h1-8,14,17H,9,16H2.